The van der Waals surface area contributed by atoms with Gasteiger partial charge in [-0.15, -0.1) is 0 Å². The van der Waals surface area contributed by atoms with E-state index in [2.05, 4.69) is 4.72 Å². The number of rotatable bonds is 6. The lowest BCUT2D eigenvalue weighted by atomic mass is 10.1. The molecule has 0 aliphatic heterocycles. The summed E-state index contributed by atoms with van der Waals surface area (Å²) in [6, 6.07) is 4.14. The lowest BCUT2D eigenvalue weighted by Gasteiger charge is -2.18. The van der Waals surface area contributed by atoms with Crippen LogP contribution in [0.2, 0.25) is 0 Å². The first-order valence-electron chi connectivity index (χ1n) is 6.14. The van der Waals surface area contributed by atoms with Crippen molar-refractivity contribution in [2.24, 2.45) is 0 Å². The summed E-state index contributed by atoms with van der Waals surface area (Å²) in [5, 5.41) is 9.82. The Morgan fingerprint density at radius 3 is 2.52 bits per heavy atom. The first-order chi connectivity index (χ1) is 9.58. The Hall–Kier alpha value is -1.16. The summed E-state index contributed by atoms with van der Waals surface area (Å²) < 4.78 is 64.1. The van der Waals surface area contributed by atoms with Gasteiger partial charge in [-0.2, -0.15) is 30.6 Å². The summed E-state index contributed by atoms with van der Waals surface area (Å²) in [6.45, 7) is 1.45. The average Bonchev–Trinajstić information content (AvgIpc) is 2.43. The fourth-order valence-corrected chi connectivity index (χ4v) is 2.43. The molecule has 0 spiro atoms. The van der Waals surface area contributed by atoms with Crippen molar-refractivity contribution < 1.29 is 26.7 Å². The van der Waals surface area contributed by atoms with Crippen molar-refractivity contribution in [3.05, 3.63) is 35.4 Å². The highest BCUT2D eigenvalue weighted by Gasteiger charge is 2.31. The first kappa shape index (κ1) is 17.9. The summed E-state index contributed by atoms with van der Waals surface area (Å²) >= 11 is 0. The van der Waals surface area contributed by atoms with Crippen LogP contribution in [0.5, 0.6) is 0 Å². The Balaban J connectivity index is 2.79. The van der Waals surface area contributed by atoms with Crippen molar-refractivity contribution in [2.75, 3.05) is 20.1 Å². The monoisotopic (exact) mass is 326 g/mol. The number of hydrogen-bond donors (Lipinski definition) is 2. The molecule has 0 radical (unpaired) electrons. The van der Waals surface area contributed by atoms with Crippen LogP contribution in [0.15, 0.2) is 24.3 Å². The van der Waals surface area contributed by atoms with Gasteiger partial charge in [-0.25, -0.2) is 0 Å². The summed E-state index contributed by atoms with van der Waals surface area (Å²) in [4.78, 5) is 0. The highest BCUT2D eigenvalue weighted by molar-refractivity contribution is 7.87. The van der Waals surface area contributed by atoms with E-state index in [0.717, 1.165) is 22.5 Å². The van der Waals surface area contributed by atoms with E-state index in [1.165, 1.54) is 13.1 Å². The van der Waals surface area contributed by atoms with Crippen LogP contribution in [-0.4, -0.2) is 38.0 Å². The van der Waals surface area contributed by atoms with Crippen LogP contribution in [0.1, 0.15) is 24.2 Å². The molecule has 2 N–H and O–H groups in total. The van der Waals surface area contributed by atoms with E-state index in [0.29, 0.717) is 0 Å². The standard InChI is InChI=1S/C12H17F3N2O3S/c1-3-17(2)21(19,20)16-8-11(18)9-5-4-6-10(7-9)12(13,14)15/h4-7,11,16,18H,3,8H2,1-2H3/t11-/m0/s1. The number of aliphatic hydroxyl groups is 1. The molecule has 1 rings (SSSR count). The second-order valence-corrected chi connectivity index (χ2v) is 6.27. The first-order valence-corrected chi connectivity index (χ1v) is 7.58. The van der Waals surface area contributed by atoms with Crippen LogP contribution in [0.4, 0.5) is 13.2 Å². The van der Waals surface area contributed by atoms with E-state index in [4.69, 9.17) is 0 Å². The summed E-state index contributed by atoms with van der Waals surface area (Å²) in [6.07, 6.45) is -5.88. The number of alkyl halides is 3. The minimum atomic E-state index is -4.52. The van der Waals surface area contributed by atoms with Crippen molar-refractivity contribution >= 4 is 10.2 Å². The molecule has 5 nitrogen and oxygen atoms in total. The molecule has 0 unspecified atom stereocenters. The molecular formula is C12H17F3N2O3S. The fourth-order valence-electron chi connectivity index (χ4n) is 1.50. The lowest BCUT2D eigenvalue weighted by molar-refractivity contribution is -0.137. The van der Waals surface area contributed by atoms with E-state index in [-0.39, 0.29) is 12.1 Å². The Morgan fingerprint density at radius 1 is 1.38 bits per heavy atom. The molecule has 0 aromatic heterocycles. The van der Waals surface area contributed by atoms with E-state index < -0.39 is 34.6 Å². The van der Waals surface area contributed by atoms with Gasteiger partial charge in [0.1, 0.15) is 0 Å². The summed E-state index contributed by atoms with van der Waals surface area (Å²) in [7, 11) is -2.40. The highest BCUT2D eigenvalue weighted by Crippen LogP contribution is 2.30. The zero-order valence-electron chi connectivity index (χ0n) is 11.6. The third-order valence-corrected chi connectivity index (χ3v) is 4.52. The minimum Gasteiger partial charge on any atom is -0.387 e. The second kappa shape index (κ2) is 6.73. The molecule has 0 saturated heterocycles. The third-order valence-electron chi connectivity index (χ3n) is 2.91. The lowest BCUT2D eigenvalue weighted by Crippen LogP contribution is -2.39. The molecule has 0 aliphatic carbocycles. The predicted octanol–water partition coefficient (Wildman–Crippen LogP) is 1.52. The zero-order valence-corrected chi connectivity index (χ0v) is 12.4. The van der Waals surface area contributed by atoms with Crippen LogP contribution in [0.3, 0.4) is 0 Å². The van der Waals surface area contributed by atoms with Crippen LogP contribution >= 0.6 is 0 Å². The number of benzene rings is 1. The van der Waals surface area contributed by atoms with Crippen LogP contribution in [0.25, 0.3) is 0 Å². The molecule has 0 bridgehead atoms. The van der Waals surface area contributed by atoms with Gasteiger partial charge in [0.15, 0.2) is 0 Å². The van der Waals surface area contributed by atoms with Crippen LogP contribution in [0, 0.1) is 0 Å². The number of halogens is 3. The summed E-state index contributed by atoms with van der Waals surface area (Å²) in [5.41, 5.74) is -0.903. The maximum Gasteiger partial charge on any atom is 0.416 e. The number of hydrogen-bond acceptors (Lipinski definition) is 3. The molecule has 0 fully saturated rings. The van der Waals surface area contributed by atoms with Crippen LogP contribution in [-0.2, 0) is 16.4 Å². The van der Waals surface area contributed by atoms with Gasteiger partial charge >= 0.3 is 6.18 Å². The van der Waals surface area contributed by atoms with Crippen molar-refractivity contribution in [3.63, 3.8) is 0 Å². The molecule has 0 saturated carbocycles. The van der Waals surface area contributed by atoms with Gasteiger partial charge in [0.2, 0.25) is 0 Å². The number of aliphatic hydroxyl groups excluding tert-OH is 1. The third kappa shape index (κ3) is 4.95. The molecule has 0 aliphatic rings. The van der Waals surface area contributed by atoms with E-state index >= 15 is 0 Å². The Labute approximate surface area is 121 Å². The van der Waals surface area contributed by atoms with Crippen molar-refractivity contribution in [1.29, 1.82) is 0 Å². The topological polar surface area (TPSA) is 69.6 Å². The maximum atomic E-state index is 12.6. The van der Waals surface area contributed by atoms with E-state index in [1.54, 1.807) is 6.92 Å². The van der Waals surface area contributed by atoms with Gasteiger partial charge in [-0.3, -0.25) is 0 Å². The smallest absolute Gasteiger partial charge is 0.387 e. The van der Waals surface area contributed by atoms with Gasteiger partial charge < -0.3 is 5.11 Å². The Kier molecular flexibility index (Phi) is 5.74. The van der Waals surface area contributed by atoms with E-state index in [9.17, 15) is 26.7 Å². The molecule has 21 heavy (non-hydrogen) atoms. The molecule has 9 heteroatoms. The van der Waals surface area contributed by atoms with Gasteiger partial charge in [-0.05, 0) is 17.7 Å². The maximum absolute atomic E-state index is 12.6. The molecule has 0 heterocycles. The fraction of sp³-hybridized carbons (Fsp3) is 0.500. The normalized spacial score (nSPS) is 14.4. The molecule has 0 amide bonds. The van der Waals surface area contributed by atoms with E-state index in [1.807, 2.05) is 0 Å². The number of nitrogens with one attached hydrogen (secondary N) is 1. The molecule has 1 atom stereocenters. The van der Waals surface area contributed by atoms with Crippen LogP contribution < -0.4 is 4.72 Å². The van der Waals surface area contributed by atoms with Crippen molar-refractivity contribution in [1.82, 2.24) is 9.03 Å². The van der Waals surface area contributed by atoms with Gasteiger partial charge in [-0.1, -0.05) is 19.1 Å². The minimum absolute atomic E-state index is 0.00771. The molecule has 1 aromatic rings. The Morgan fingerprint density at radius 2 is 2.00 bits per heavy atom. The van der Waals surface area contributed by atoms with Gasteiger partial charge in [0.25, 0.3) is 10.2 Å². The molecule has 1 aromatic carbocycles. The predicted molar refractivity (Wildman–Crippen MR) is 71.6 cm³/mol. The molecule has 120 valence electrons. The highest BCUT2D eigenvalue weighted by atomic mass is 32.2. The summed E-state index contributed by atoms with van der Waals surface area (Å²) in [5.74, 6) is 0. The van der Waals surface area contributed by atoms with Gasteiger partial charge in [0.05, 0.1) is 11.7 Å². The van der Waals surface area contributed by atoms with Gasteiger partial charge in [0, 0.05) is 20.1 Å². The largest absolute Gasteiger partial charge is 0.416 e. The Bertz CT molecular complexity index is 575. The molecular weight excluding hydrogens is 309 g/mol. The zero-order chi connectivity index (χ0) is 16.3. The number of nitrogens with zero attached hydrogens (tertiary/aromatic N) is 1. The average molecular weight is 326 g/mol. The van der Waals surface area contributed by atoms with Crippen molar-refractivity contribution in [3.8, 4) is 0 Å². The quantitative estimate of drug-likeness (QED) is 0.833. The SMILES string of the molecule is CCN(C)S(=O)(=O)NC[C@H](O)c1cccc(C(F)(F)F)c1. The van der Waals surface area contributed by atoms with Crippen molar-refractivity contribution in [2.45, 2.75) is 19.2 Å². The second-order valence-electron chi connectivity index (χ2n) is 4.41.